The van der Waals surface area contributed by atoms with E-state index in [1.54, 1.807) is 0 Å². The molecular formula is C11H19IO. The average Bonchev–Trinajstić information content (AvgIpc) is 2.72. The molecule has 0 aromatic carbocycles. The zero-order chi connectivity index (χ0) is 9.31. The van der Waals surface area contributed by atoms with E-state index in [1.807, 2.05) is 0 Å². The summed E-state index contributed by atoms with van der Waals surface area (Å²) in [5.41, 5.74) is 0.528. The maximum absolute atomic E-state index is 6.09. The topological polar surface area (TPSA) is 9.23 Å². The summed E-state index contributed by atoms with van der Waals surface area (Å²) in [4.78, 5) is 0. The molecule has 0 aromatic rings. The molecule has 0 bridgehead atoms. The van der Waals surface area contributed by atoms with Crippen LogP contribution < -0.4 is 0 Å². The standard InChI is InChI=1S/C11H19IO/c1-11(6-2-3-7-11)10-5-4-9(8-12)13-10/h9-10H,2-8H2,1H3. The Labute approximate surface area is 94.8 Å². The number of rotatable bonds is 2. The molecule has 1 aliphatic carbocycles. The van der Waals surface area contributed by atoms with Gasteiger partial charge in [-0.25, -0.2) is 0 Å². The van der Waals surface area contributed by atoms with Gasteiger partial charge < -0.3 is 4.74 Å². The lowest BCUT2D eigenvalue weighted by atomic mass is 9.81. The van der Waals surface area contributed by atoms with E-state index >= 15 is 0 Å². The first-order chi connectivity index (χ1) is 6.24. The van der Waals surface area contributed by atoms with Crippen molar-refractivity contribution in [2.75, 3.05) is 4.43 Å². The van der Waals surface area contributed by atoms with Gasteiger partial charge >= 0.3 is 0 Å². The van der Waals surface area contributed by atoms with Crippen LogP contribution in [0.4, 0.5) is 0 Å². The molecule has 2 aliphatic rings. The van der Waals surface area contributed by atoms with Crippen LogP contribution in [0.25, 0.3) is 0 Å². The SMILES string of the molecule is CC1(C2CCC(CI)O2)CCCC1. The van der Waals surface area contributed by atoms with Crippen molar-refractivity contribution < 1.29 is 4.74 Å². The van der Waals surface area contributed by atoms with Crippen molar-refractivity contribution in [3.63, 3.8) is 0 Å². The molecule has 0 aromatic heterocycles. The van der Waals surface area contributed by atoms with E-state index in [9.17, 15) is 0 Å². The van der Waals surface area contributed by atoms with E-state index in [0.29, 0.717) is 17.6 Å². The average molecular weight is 294 g/mol. The summed E-state index contributed by atoms with van der Waals surface area (Å²) in [6.45, 7) is 2.43. The first-order valence-electron chi connectivity index (χ1n) is 5.46. The van der Waals surface area contributed by atoms with Gasteiger partial charge in [0.2, 0.25) is 0 Å². The molecule has 2 rings (SSSR count). The molecule has 2 fully saturated rings. The first-order valence-corrected chi connectivity index (χ1v) is 6.98. The van der Waals surface area contributed by atoms with Gasteiger partial charge in [-0.2, -0.15) is 0 Å². The van der Waals surface area contributed by atoms with Crippen molar-refractivity contribution in [2.45, 2.75) is 57.7 Å². The number of alkyl halides is 1. The Hall–Kier alpha value is 0.690. The van der Waals surface area contributed by atoms with Crippen LogP contribution in [0, 0.1) is 5.41 Å². The lowest BCUT2D eigenvalue weighted by Gasteiger charge is -2.30. The highest BCUT2D eigenvalue weighted by molar-refractivity contribution is 14.1. The second kappa shape index (κ2) is 4.05. The van der Waals surface area contributed by atoms with Crippen LogP contribution in [0.2, 0.25) is 0 Å². The molecule has 1 saturated carbocycles. The molecule has 2 heteroatoms. The van der Waals surface area contributed by atoms with Crippen LogP contribution in [0.15, 0.2) is 0 Å². The molecule has 1 heterocycles. The molecule has 13 heavy (non-hydrogen) atoms. The van der Waals surface area contributed by atoms with E-state index in [2.05, 4.69) is 29.5 Å². The van der Waals surface area contributed by atoms with Crippen LogP contribution in [0.3, 0.4) is 0 Å². The second-order valence-corrected chi connectivity index (χ2v) is 5.72. The molecule has 0 N–H and O–H groups in total. The summed E-state index contributed by atoms with van der Waals surface area (Å²) in [6, 6.07) is 0. The smallest absolute Gasteiger partial charge is 0.0669 e. The van der Waals surface area contributed by atoms with Crippen molar-refractivity contribution in [3.8, 4) is 0 Å². The Morgan fingerprint density at radius 3 is 2.54 bits per heavy atom. The minimum Gasteiger partial charge on any atom is -0.374 e. The molecule has 2 atom stereocenters. The first kappa shape index (κ1) is 10.2. The predicted molar refractivity (Wildman–Crippen MR) is 63.4 cm³/mol. The Bertz CT molecular complexity index is 175. The fourth-order valence-electron chi connectivity index (χ4n) is 2.84. The minimum atomic E-state index is 0.528. The van der Waals surface area contributed by atoms with E-state index in [0.717, 1.165) is 0 Å². The zero-order valence-corrected chi connectivity index (χ0v) is 10.5. The number of halogens is 1. The molecule has 0 radical (unpaired) electrons. The van der Waals surface area contributed by atoms with Crippen molar-refractivity contribution in [1.82, 2.24) is 0 Å². The zero-order valence-electron chi connectivity index (χ0n) is 8.39. The highest BCUT2D eigenvalue weighted by Crippen LogP contribution is 2.46. The minimum absolute atomic E-state index is 0.528. The molecule has 1 aliphatic heterocycles. The van der Waals surface area contributed by atoms with Gasteiger partial charge in [-0.15, -0.1) is 0 Å². The van der Waals surface area contributed by atoms with E-state index in [4.69, 9.17) is 4.74 Å². The fraction of sp³-hybridized carbons (Fsp3) is 1.00. The van der Waals surface area contributed by atoms with Crippen molar-refractivity contribution >= 4 is 22.6 Å². The summed E-state index contributed by atoms with van der Waals surface area (Å²) in [5, 5.41) is 0. The van der Waals surface area contributed by atoms with Crippen molar-refractivity contribution in [2.24, 2.45) is 5.41 Å². The molecule has 1 saturated heterocycles. The van der Waals surface area contributed by atoms with Gasteiger partial charge in [-0.3, -0.25) is 0 Å². The Morgan fingerprint density at radius 2 is 2.00 bits per heavy atom. The van der Waals surface area contributed by atoms with Crippen LogP contribution in [-0.4, -0.2) is 16.6 Å². The largest absolute Gasteiger partial charge is 0.374 e. The Balaban J connectivity index is 1.94. The Kier molecular flexibility index (Phi) is 3.18. The predicted octanol–water partition coefficient (Wildman–Crippen LogP) is 3.55. The highest BCUT2D eigenvalue weighted by Gasteiger charge is 2.41. The highest BCUT2D eigenvalue weighted by atomic mass is 127. The van der Waals surface area contributed by atoms with E-state index in [-0.39, 0.29) is 0 Å². The maximum Gasteiger partial charge on any atom is 0.0669 e. The van der Waals surface area contributed by atoms with Gasteiger partial charge in [0.05, 0.1) is 12.2 Å². The number of hydrogen-bond acceptors (Lipinski definition) is 1. The molecule has 76 valence electrons. The second-order valence-electron chi connectivity index (χ2n) is 4.84. The van der Waals surface area contributed by atoms with E-state index < -0.39 is 0 Å². The summed E-state index contributed by atoms with van der Waals surface area (Å²) < 4.78 is 7.26. The van der Waals surface area contributed by atoms with Gasteiger partial charge in [0.15, 0.2) is 0 Å². The molecule has 1 nitrogen and oxygen atoms in total. The number of ether oxygens (including phenoxy) is 1. The fourth-order valence-corrected chi connectivity index (χ4v) is 3.48. The van der Waals surface area contributed by atoms with Gasteiger partial charge in [0, 0.05) is 4.43 Å². The summed E-state index contributed by atoms with van der Waals surface area (Å²) in [6.07, 6.45) is 9.37. The third-order valence-electron chi connectivity index (χ3n) is 3.80. The van der Waals surface area contributed by atoms with Gasteiger partial charge in [0.1, 0.15) is 0 Å². The van der Waals surface area contributed by atoms with E-state index in [1.165, 1.54) is 43.0 Å². The van der Waals surface area contributed by atoms with Crippen LogP contribution in [0.1, 0.15) is 45.4 Å². The molecular weight excluding hydrogens is 275 g/mol. The summed E-state index contributed by atoms with van der Waals surface area (Å²) >= 11 is 2.44. The number of hydrogen-bond donors (Lipinski definition) is 0. The summed E-state index contributed by atoms with van der Waals surface area (Å²) in [7, 11) is 0. The van der Waals surface area contributed by atoms with Gasteiger partial charge in [-0.1, -0.05) is 42.4 Å². The molecule has 0 amide bonds. The lowest BCUT2D eigenvalue weighted by Crippen LogP contribution is -2.29. The van der Waals surface area contributed by atoms with Gasteiger partial charge in [0.25, 0.3) is 0 Å². The normalized spacial score (nSPS) is 38.3. The third kappa shape index (κ3) is 2.04. The lowest BCUT2D eigenvalue weighted by molar-refractivity contribution is -0.0185. The summed E-state index contributed by atoms with van der Waals surface area (Å²) in [5.74, 6) is 0. The third-order valence-corrected chi connectivity index (χ3v) is 4.79. The maximum atomic E-state index is 6.09. The van der Waals surface area contributed by atoms with Crippen molar-refractivity contribution in [1.29, 1.82) is 0 Å². The van der Waals surface area contributed by atoms with Gasteiger partial charge in [-0.05, 0) is 31.1 Å². The monoisotopic (exact) mass is 294 g/mol. The molecule has 2 unspecified atom stereocenters. The van der Waals surface area contributed by atoms with Crippen LogP contribution in [-0.2, 0) is 4.74 Å². The van der Waals surface area contributed by atoms with Crippen molar-refractivity contribution in [3.05, 3.63) is 0 Å². The molecule has 0 spiro atoms. The van der Waals surface area contributed by atoms with Crippen LogP contribution in [0.5, 0.6) is 0 Å². The quantitative estimate of drug-likeness (QED) is 0.559. The van der Waals surface area contributed by atoms with Crippen LogP contribution >= 0.6 is 22.6 Å². The Morgan fingerprint density at radius 1 is 1.31 bits per heavy atom.